The van der Waals surface area contributed by atoms with E-state index in [1.165, 1.54) is 18.8 Å². The molecule has 3 saturated carbocycles. The molecule has 182 valence electrons. The molecular weight excluding hydrogens is 428 g/mol. The summed E-state index contributed by atoms with van der Waals surface area (Å²) in [7, 11) is 1.50. The van der Waals surface area contributed by atoms with Crippen molar-refractivity contribution in [1.29, 1.82) is 0 Å². The topological polar surface area (TPSA) is 72.8 Å². The summed E-state index contributed by atoms with van der Waals surface area (Å²) in [4.78, 5) is 25.1. The maximum absolute atomic E-state index is 12.6. The summed E-state index contributed by atoms with van der Waals surface area (Å²) < 4.78 is 11.0. The largest absolute Gasteiger partial charge is 0.504 e. The molecule has 0 heterocycles. The monoisotopic (exact) mass is 464 g/mol. The Morgan fingerprint density at radius 1 is 1.12 bits per heavy atom. The maximum atomic E-state index is 12.6. The molecule has 0 saturated heterocycles. The lowest BCUT2D eigenvalue weighted by molar-refractivity contribution is -0.145. The van der Waals surface area contributed by atoms with Crippen molar-refractivity contribution in [3.05, 3.63) is 41.5 Å². The number of fused-ring (bicyclic) bond motifs is 5. The minimum absolute atomic E-state index is 0.0672. The number of hydrogen-bond donors (Lipinski definition) is 1. The standard InChI is InChI=1S/C29H36O5/c1-28-14-12-20(34-27(32)11-5-18-4-9-24(30)25(16-18)33-3)17-19(28)6-7-21-22-8-10-26(31)29(22,2)15-13-23(21)28/h4-6,9,11,16,20-23,30H,7-8,10,12-15,17H2,1-3H3/b11-5+/t20-,21?,22?,23?,28-,29-/m0/s1. The van der Waals surface area contributed by atoms with E-state index in [2.05, 4.69) is 19.9 Å². The van der Waals surface area contributed by atoms with E-state index in [1.54, 1.807) is 24.3 Å². The molecule has 3 unspecified atom stereocenters. The molecule has 1 aromatic carbocycles. The first-order valence-corrected chi connectivity index (χ1v) is 12.7. The molecule has 1 aromatic rings. The number of allylic oxidation sites excluding steroid dienone is 1. The summed E-state index contributed by atoms with van der Waals surface area (Å²) in [5.74, 6) is 2.37. The molecular formula is C29H36O5. The first-order valence-electron chi connectivity index (χ1n) is 12.7. The van der Waals surface area contributed by atoms with E-state index in [1.807, 2.05) is 0 Å². The number of aromatic hydroxyl groups is 1. The molecule has 34 heavy (non-hydrogen) atoms. The van der Waals surface area contributed by atoms with Crippen LogP contribution in [0.1, 0.15) is 70.8 Å². The van der Waals surface area contributed by atoms with Crippen molar-refractivity contribution < 1.29 is 24.2 Å². The number of hydrogen-bond acceptors (Lipinski definition) is 5. The molecule has 4 aliphatic carbocycles. The Morgan fingerprint density at radius 3 is 2.68 bits per heavy atom. The van der Waals surface area contributed by atoms with E-state index in [0.717, 1.165) is 56.9 Å². The van der Waals surface area contributed by atoms with Gasteiger partial charge in [0.2, 0.25) is 0 Å². The van der Waals surface area contributed by atoms with Crippen LogP contribution in [0.2, 0.25) is 0 Å². The fraction of sp³-hybridized carbons (Fsp3) is 0.586. The lowest BCUT2D eigenvalue weighted by Crippen LogP contribution is -2.50. The Kier molecular flexibility index (Phi) is 5.86. The molecule has 0 spiro atoms. The van der Waals surface area contributed by atoms with Crippen molar-refractivity contribution in [1.82, 2.24) is 0 Å². The fourth-order valence-electron chi connectivity index (χ4n) is 7.66. The van der Waals surface area contributed by atoms with Gasteiger partial charge in [0.15, 0.2) is 11.5 Å². The minimum Gasteiger partial charge on any atom is -0.504 e. The predicted octanol–water partition coefficient (Wildman–Crippen LogP) is 5.86. The Balaban J connectivity index is 1.24. The van der Waals surface area contributed by atoms with E-state index < -0.39 is 0 Å². The van der Waals surface area contributed by atoms with Crippen LogP contribution in [0, 0.1) is 28.6 Å². The molecule has 6 atom stereocenters. The number of ether oxygens (including phenoxy) is 2. The normalized spacial score (nSPS) is 36.9. The Bertz CT molecular complexity index is 1050. The van der Waals surface area contributed by atoms with Gasteiger partial charge in [-0.15, -0.1) is 0 Å². The van der Waals surface area contributed by atoms with Gasteiger partial charge in [0.25, 0.3) is 0 Å². The van der Waals surface area contributed by atoms with Crippen LogP contribution in [0.5, 0.6) is 11.5 Å². The number of ketones is 1. The number of benzene rings is 1. The number of Topliss-reactive ketones (excluding diaryl/α,β-unsaturated/α-hetero) is 1. The molecule has 0 radical (unpaired) electrons. The van der Waals surface area contributed by atoms with Crippen LogP contribution < -0.4 is 4.74 Å². The van der Waals surface area contributed by atoms with Crippen LogP contribution in [-0.2, 0) is 14.3 Å². The summed E-state index contributed by atoms with van der Waals surface area (Å²) in [6.07, 6.45) is 13.3. The molecule has 3 fully saturated rings. The average molecular weight is 465 g/mol. The van der Waals surface area contributed by atoms with E-state index in [-0.39, 0.29) is 28.7 Å². The van der Waals surface area contributed by atoms with Crippen LogP contribution in [0.15, 0.2) is 35.9 Å². The van der Waals surface area contributed by atoms with Crippen molar-refractivity contribution >= 4 is 17.8 Å². The van der Waals surface area contributed by atoms with Crippen molar-refractivity contribution in [2.75, 3.05) is 7.11 Å². The summed E-state index contributed by atoms with van der Waals surface area (Å²) >= 11 is 0. The lowest BCUT2D eigenvalue weighted by Gasteiger charge is -2.56. The summed E-state index contributed by atoms with van der Waals surface area (Å²) in [6.45, 7) is 4.65. The highest BCUT2D eigenvalue weighted by Crippen LogP contribution is 2.64. The summed E-state index contributed by atoms with van der Waals surface area (Å²) in [6, 6.07) is 4.95. The molecule has 1 N–H and O–H groups in total. The highest BCUT2D eigenvalue weighted by Gasteiger charge is 2.58. The number of methoxy groups -OCH3 is 1. The van der Waals surface area contributed by atoms with Crippen LogP contribution in [0.25, 0.3) is 6.08 Å². The number of rotatable bonds is 4. The van der Waals surface area contributed by atoms with Crippen LogP contribution >= 0.6 is 0 Å². The molecule has 0 aliphatic heterocycles. The Labute approximate surface area is 202 Å². The molecule has 0 bridgehead atoms. The third-order valence-electron chi connectivity index (χ3n) is 9.67. The second-order valence-electron chi connectivity index (χ2n) is 11.2. The van der Waals surface area contributed by atoms with Gasteiger partial charge >= 0.3 is 5.97 Å². The van der Waals surface area contributed by atoms with E-state index in [0.29, 0.717) is 29.3 Å². The van der Waals surface area contributed by atoms with Gasteiger partial charge in [-0.2, -0.15) is 0 Å². The highest BCUT2D eigenvalue weighted by atomic mass is 16.5. The van der Waals surface area contributed by atoms with Crippen molar-refractivity contribution in [3.8, 4) is 11.5 Å². The third-order valence-corrected chi connectivity index (χ3v) is 9.67. The zero-order chi connectivity index (χ0) is 24.1. The van der Waals surface area contributed by atoms with Crippen LogP contribution in [0.3, 0.4) is 0 Å². The number of carbonyl (C=O) groups is 2. The second-order valence-corrected chi connectivity index (χ2v) is 11.2. The predicted molar refractivity (Wildman–Crippen MR) is 130 cm³/mol. The molecule has 5 heteroatoms. The van der Waals surface area contributed by atoms with Gasteiger partial charge in [-0.05, 0) is 85.5 Å². The second kappa shape index (κ2) is 8.58. The smallest absolute Gasteiger partial charge is 0.331 e. The van der Waals surface area contributed by atoms with Gasteiger partial charge in [-0.3, -0.25) is 4.79 Å². The lowest BCUT2D eigenvalue weighted by atomic mass is 9.48. The Hall–Kier alpha value is -2.56. The fourth-order valence-corrected chi connectivity index (χ4v) is 7.66. The number of esters is 1. The van der Waals surface area contributed by atoms with Gasteiger partial charge in [0, 0.05) is 24.3 Å². The maximum Gasteiger partial charge on any atom is 0.331 e. The van der Waals surface area contributed by atoms with Gasteiger partial charge < -0.3 is 14.6 Å². The first kappa shape index (κ1) is 23.2. The number of phenolic OH excluding ortho intramolecular Hbond substituents is 1. The van der Waals surface area contributed by atoms with Crippen LogP contribution in [0.4, 0.5) is 0 Å². The first-order chi connectivity index (χ1) is 16.2. The number of carbonyl (C=O) groups excluding carboxylic acids is 2. The number of phenols is 1. The third kappa shape index (κ3) is 3.77. The SMILES string of the molecule is COc1cc(/C=C/C(=O)O[C@H]2CC[C@@]3(C)C(=CCC4C3CC[C@]3(C)C(=O)CCC43)C2)ccc1O. The highest BCUT2D eigenvalue weighted by molar-refractivity contribution is 5.87. The zero-order valence-electron chi connectivity index (χ0n) is 20.5. The summed E-state index contributed by atoms with van der Waals surface area (Å²) in [5.41, 5.74) is 2.29. The van der Waals surface area contributed by atoms with Gasteiger partial charge in [0.1, 0.15) is 11.9 Å². The Morgan fingerprint density at radius 2 is 1.88 bits per heavy atom. The van der Waals surface area contributed by atoms with E-state index in [9.17, 15) is 14.7 Å². The van der Waals surface area contributed by atoms with Crippen molar-refractivity contribution in [3.63, 3.8) is 0 Å². The molecule has 0 amide bonds. The quantitative estimate of drug-likeness (QED) is 0.343. The van der Waals surface area contributed by atoms with Gasteiger partial charge in [-0.1, -0.05) is 31.6 Å². The van der Waals surface area contributed by atoms with Crippen molar-refractivity contribution in [2.24, 2.45) is 28.6 Å². The molecule has 5 rings (SSSR count). The summed E-state index contributed by atoms with van der Waals surface area (Å²) in [5, 5.41) is 9.72. The molecule has 0 aromatic heterocycles. The zero-order valence-corrected chi connectivity index (χ0v) is 20.5. The van der Waals surface area contributed by atoms with Gasteiger partial charge in [-0.25, -0.2) is 4.79 Å². The molecule has 5 nitrogen and oxygen atoms in total. The van der Waals surface area contributed by atoms with E-state index >= 15 is 0 Å². The van der Waals surface area contributed by atoms with Crippen molar-refractivity contribution in [2.45, 2.75) is 71.3 Å². The van der Waals surface area contributed by atoms with E-state index in [4.69, 9.17) is 9.47 Å². The van der Waals surface area contributed by atoms with Crippen LogP contribution in [-0.4, -0.2) is 30.1 Å². The molecule has 4 aliphatic rings. The van der Waals surface area contributed by atoms with Gasteiger partial charge in [0.05, 0.1) is 7.11 Å². The average Bonchev–Trinajstić information content (AvgIpc) is 3.13. The minimum atomic E-state index is -0.340.